The second-order valence-electron chi connectivity index (χ2n) is 4.97. The minimum absolute atomic E-state index is 0.273. The van der Waals surface area contributed by atoms with Gasteiger partial charge in [-0.05, 0) is 43.5 Å². The molecule has 1 rings (SSSR count). The van der Waals surface area contributed by atoms with Crippen molar-refractivity contribution in [1.82, 2.24) is 5.32 Å². The first-order chi connectivity index (χ1) is 9.21. The molecule has 19 heavy (non-hydrogen) atoms. The van der Waals surface area contributed by atoms with Crippen LogP contribution in [-0.2, 0) is 6.42 Å². The van der Waals surface area contributed by atoms with Crippen LogP contribution in [-0.4, -0.2) is 19.7 Å². The molecule has 1 aromatic rings. The topological polar surface area (TPSA) is 21.3 Å². The molecule has 0 aliphatic heterocycles. The number of halogens is 1. The largest absolute Gasteiger partial charge is 0.494 e. The summed E-state index contributed by atoms with van der Waals surface area (Å²) in [6.45, 7) is 5.38. The van der Waals surface area contributed by atoms with Crippen LogP contribution >= 0.6 is 0 Å². The summed E-state index contributed by atoms with van der Waals surface area (Å²) in [6.07, 6.45) is 5.55. The summed E-state index contributed by atoms with van der Waals surface area (Å²) in [4.78, 5) is 0. The molecule has 0 spiro atoms. The molecule has 0 heterocycles. The molecule has 1 aromatic carbocycles. The van der Waals surface area contributed by atoms with Gasteiger partial charge >= 0.3 is 0 Å². The number of rotatable bonds is 9. The van der Waals surface area contributed by atoms with Crippen LogP contribution in [0.25, 0.3) is 0 Å². The van der Waals surface area contributed by atoms with Gasteiger partial charge in [0.2, 0.25) is 0 Å². The van der Waals surface area contributed by atoms with Gasteiger partial charge in [0.15, 0.2) is 11.6 Å². The highest BCUT2D eigenvalue weighted by Crippen LogP contribution is 2.19. The Kier molecular flexibility index (Phi) is 7.49. The lowest BCUT2D eigenvalue weighted by atomic mass is 10.0. The fourth-order valence-corrected chi connectivity index (χ4v) is 2.20. The number of ether oxygens (including phenoxy) is 1. The molecular weight excluding hydrogens is 241 g/mol. The van der Waals surface area contributed by atoms with Gasteiger partial charge in [0.1, 0.15) is 0 Å². The van der Waals surface area contributed by atoms with Crippen molar-refractivity contribution in [1.29, 1.82) is 0 Å². The second-order valence-corrected chi connectivity index (χ2v) is 4.97. The van der Waals surface area contributed by atoms with Gasteiger partial charge in [0.05, 0.1) is 7.11 Å². The molecule has 1 atom stereocenters. The van der Waals surface area contributed by atoms with Crippen molar-refractivity contribution in [2.75, 3.05) is 13.7 Å². The fraction of sp³-hybridized carbons (Fsp3) is 0.625. The minimum Gasteiger partial charge on any atom is -0.494 e. The number of benzene rings is 1. The van der Waals surface area contributed by atoms with Gasteiger partial charge < -0.3 is 10.1 Å². The van der Waals surface area contributed by atoms with Crippen molar-refractivity contribution in [3.8, 4) is 5.75 Å². The van der Waals surface area contributed by atoms with Gasteiger partial charge in [-0.2, -0.15) is 0 Å². The molecule has 2 nitrogen and oxygen atoms in total. The third kappa shape index (κ3) is 5.60. The standard InChI is InChI=1S/C16H26FNO/c1-4-6-7-14(18-10-5-2)11-13-8-9-16(19-3)15(17)12-13/h8-9,12,14,18H,4-7,10-11H2,1-3H3. The molecule has 0 aliphatic carbocycles. The summed E-state index contributed by atoms with van der Waals surface area (Å²) in [7, 11) is 1.49. The van der Waals surface area contributed by atoms with Crippen LogP contribution in [0.4, 0.5) is 4.39 Å². The van der Waals surface area contributed by atoms with E-state index < -0.39 is 0 Å². The Bertz CT molecular complexity index is 360. The van der Waals surface area contributed by atoms with Gasteiger partial charge in [0.25, 0.3) is 0 Å². The summed E-state index contributed by atoms with van der Waals surface area (Å²) in [6, 6.07) is 5.69. The summed E-state index contributed by atoms with van der Waals surface area (Å²) in [5.41, 5.74) is 1.03. The zero-order chi connectivity index (χ0) is 14.1. The first kappa shape index (κ1) is 16.0. The average molecular weight is 267 g/mol. The van der Waals surface area contributed by atoms with E-state index in [1.54, 1.807) is 12.1 Å². The van der Waals surface area contributed by atoms with E-state index in [-0.39, 0.29) is 5.82 Å². The Labute approximate surface area is 116 Å². The molecular formula is C16H26FNO. The predicted molar refractivity (Wildman–Crippen MR) is 78.3 cm³/mol. The van der Waals surface area contributed by atoms with Gasteiger partial charge in [-0.25, -0.2) is 4.39 Å². The zero-order valence-electron chi connectivity index (χ0n) is 12.3. The summed E-state index contributed by atoms with van der Waals surface area (Å²) in [5, 5.41) is 3.55. The fourth-order valence-electron chi connectivity index (χ4n) is 2.20. The van der Waals surface area contributed by atoms with Gasteiger partial charge in [-0.3, -0.25) is 0 Å². The van der Waals surface area contributed by atoms with Crippen LogP contribution in [0.15, 0.2) is 18.2 Å². The van der Waals surface area contributed by atoms with Crippen LogP contribution in [0, 0.1) is 5.82 Å². The summed E-state index contributed by atoms with van der Waals surface area (Å²) < 4.78 is 18.6. The molecule has 1 N–H and O–H groups in total. The number of methoxy groups -OCH3 is 1. The number of nitrogens with one attached hydrogen (secondary N) is 1. The lowest BCUT2D eigenvalue weighted by Gasteiger charge is -2.18. The number of hydrogen-bond donors (Lipinski definition) is 1. The molecule has 0 aromatic heterocycles. The van der Waals surface area contributed by atoms with Crippen molar-refractivity contribution in [2.45, 2.75) is 52.0 Å². The lowest BCUT2D eigenvalue weighted by Crippen LogP contribution is -2.31. The maximum absolute atomic E-state index is 13.7. The van der Waals surface area contributed by atoms with Crippen molar-refractivity contribution in [3.63, 3.8) is 0 Å². The Balaban J connectivity index is 2.63. The molecule has 0 amide bonds. The smallest absolute Gasteiger partial charge is 0.165 e. The average Bonchev–Trinajstić information content (AvgIpc) is 2.42. The molecule has 3 heteroatoms. The first-order valence-corrected chi connectivity index (χ1v) is 7.27. The highest BCUT2D eigenvalue weighted by molar-refractivity contribution is 5.29. The molecule has 0 aliphatic rings. The van der Waals surface area contributed by atoms with E-state index in [1.807, 2.05) is 6.07 Å². The van der Waals surface area contributed by atoms with Crippen LogP contribution in [0.2, 0.25) is 0 Å². The van der Waals surface area contributed by atoms with Gasteiger partial charge in [-0.1, -0.05) is 32.8 Å². The number of unbranched alkanes of at least 4 members (excludes halogenated alkanes) is 1. The monoisotopic (exact) mass is 267 g/mol. The lowest BCUT2D eigenvalue weighted by molar-refractivity contribution is 0.385. The van der Waals surface area contributed by atoms with Crippen molar-refractivity contribution >= 4 is 0 Å². The predicted octanol–water partition coefficient (Wildman–Crippen LogP) is 3.94. The first-order valence-electron chi connectivity index (χ1n) is 7.27. The van der Waals surface area contributed by atoms with Crippen LogP contribution < -0.4 is 10.1 Å². The maximum atomic E-state index is 13.7. The van der Waals surface area contributed by atoms with E-state index in [0.29, 0.717) is 11.8 Å². The zero-order valence-corrected chi connectivity index (χ0v) is 12.3. The van der Waals surface area contributed by atoms with E-state index in [2.05, 4.69) is 19.2 Å². The van der Waals surface area contributed by atoms with Crippen LogP contribution in [0.1, 0.15) is 45.1 Å². The normalized spacial score (nSPS) is 12.4. The molecule has 0 fully saturated rings. The van der Waals surface area contributed by atoms with E-state index in [1.165, 1.54) is 20.0 Å². The third-order valence-electron chi connectivity index (χ3n) is 3.29. The summed E-state index contributed by atoms with van der Waals surface area (Å²) >= 11 is 0. The Morgan fingerprint density at radius 2 is 2.05 bits per heavy atom. The quantitative estimate of drug-likeness (QED) is 0.732. The number of hydrogen-bond acceptors (Lipinski definition) is 2. The molecule has 0 saturated carbocycles. The molecule has 0 radical (unpaired) electrons. The van der Waals surface area contributed by atoms with E-state index in [0.717, 1.165) is 31.4 Å². The Morgan fingerprint density at radius 3 is 2.63 bits per heavy atom. The van der Waals surface area contributed by atoms with Crippen LogP contribution in [0.5, 0.6) is 5.75 Å². The highest BCUT2D eigenvalue weighted by Gasteiger charge is 2.10. The summed E-state index contributed by atoms with van der Waals surface area (Å²) in [5.74, 6) is 0.0418. The minimum atomic E-state index is -0.273. The maximum Gasteiger partial charge on any atom is 0.165 e. The third-order valence-corrected chi connectivity index (χ3v) is 3.29. The molecule has 0 saturated heterocycles. The van der Waals surface area contributed by atoms with Crippen molar-refractivity contribution in [2.24, 2.45) is 0 Å². The van der Waals surface area contributed by atoms with E-state index in [9.17, 15) is 4.39 Å². The van der Waals surface area contributed by atoms with Gasteiger partial charge in [-0.15, -0.1) is 0 Å². The molecule has 1 unspecified atom stereocenters. The van der Waals surface area contributed by atoms with Crippen LogP contribution in [0.3, 0.4) is 0 Å². The second kappa shape index (κ2) is 8.92. The molecule has 0 bridgehead atoms. The SMILES string of the molecule is CCCCC(Cc1ccc(OC)c(F)c1)NCCC. The van der Waals surface area contributed by atoms with E-state index >= 15 is 0 Å². The van der Waals surface area contributed by atoms with Crippen molar-refractivity contribution in [3.05, 3.63) is 29.6 Å². The molecule has 108 valence electrons. The highest BCUT2D eigenvalue weighted by atomic mass is 19.1. The van der Waals surface area contributed by atoms with Gasteiger partial charge in [0, 0.05) is 6.04 Å². The van der Waals surface area contributed by atoms with E-state index in [4.69, 9.17) is 4.74 Å². The Hall–Kier alpha value is -1.09. The Morgan fingerprint density at radius 1 is 1.26 bits per heavy atom. The van der Waals surface area contributed by atoms with Crippen molar-refractivity contribution < 1.29 is 9.13 Å².